The number of hydrogen-bond acceptors (Lipinski definition) is 3. The molecule has 28 heavy (non-hydrogen) atoms. The van der Waals surface area contributed by atoms with Crippen molar-refractivity contribution in [2.24, 2.45) is 0 Å². The fourth-order valence-corrected chi connectivity index (χ4v) is 3.70. The number of nitrogens with zero attached hydrogens (tertiary/aromatic N) is 4. The molecule has 1 saturated heterocycles. The van der Waals surface area contributed by atoms with E-state index >= 15 is 0 Å². The molecular formula is C18H19ClF3N5O. The van der Waals surface area contributed by atoms with Gasteiger partial charge in [-0.15, -0.1) is 0 Å². The first-order valence-corrected chi connectivity index (χ1v) is 9.39. The summed E-state index contributed by atoms with van der Waals surface area (Å²) in [6, 6.07) is 3.63. The van der Waals surface area contributed by atoms with E-state index in [0.717, 1.165) is 11.4 Å². The third kappa shape index (κ3) is 3.76. The van der Waals surface area contributed by atoms with E-state index in [0.29, 0.717) is 25.3 Å². The minimum absolute atomic E-state index is 0.0706. The largest absolute Gasteiger partial charge is 0.368 e. The summed E-state index contributed by atoms with van der Waals surface area (Å²) in [5.41, 5.74) is 2.01. The summed E-state index contributed by atoms with van der Waals surface area (Å²) in [4.78, 5) is 16.1. The standard InChI is InChI=1S/C18H19ClF3N5O/c19-13-9-12(1-2-14(13)20)24-17(28)26-7-8-27-16(11-26)15(10-23-27)25-5-3-18(21,22)4-6-25/h1-2,9-10H,3-8,11H2,(H,24,28). The molecule has 10 heteroatoms. The molecule has 2 aliphatic heterocycles. The Labute approximate surface area is 164 Å². The molecule has 4 rings (SSSR count). The highest BCUT2D eigenvalue weighted by Gasteiger charge is 2.36. The Morgan fingerprint density at radius 1 is 1.18 bits per heavy atom. The zero-order valence-corrected chi connectivity index (χ0v) is 15.7. The number of amides is 2. The van der Waals surface area contributed by atoms with Crippen LogP contribution in [0.4, 0.5) is 29.3 Å². The highest BCUT2D eigenvalue weighted by Crippen LogP contribution is 2.33. The van der Waals surface area contributed by atoms with Crippen LogP contribution in [-0.4, -0.2) is 46.3 Å². The van der Waals surface area contributed by atoms with Crippen molar-refractivity contribution >= 4 is 29.0 Å². The molecule has 1 fully saturated rings. The monoisotopic (exact) mass is 413 g/mol. The van der Waals surface area contributed by atoms with Gasteiger partial charge in [-0.05, 0) is 18.2 Å². The van der Waals surface area contributed by atoms with E-state index in [2.05, 4.69) is 10.4 Å². The highest BCUT2D eigenvalue weighted by atomic mass is 35.5. The third-order valence-corrected chi connectivity index (χ3v) is 5.43. The van der Waals surface area contributed by atoms with Crippen molar-refractivity contribution in [2.75, 3.05) is 29.9 Å². The first kappa shape index (κ1) is 18.9. The van der Waals surface area contributed by atoms with Crippen LogP contribution in [0.1, 0.15) is 18.5 Å². The zero-order chi connectivity index (χ0) is 19.9. The molecule has 0 radical (unpaired) electrons. The fourth-order valence-electron chi connectivity index (χ4n) is 3.52. The summed E-state index contributed by atoms with van der Waals surface area (Å²) < 4.78 is 42.0. The van der Waals surface area contributed by atoms with Crippen molar-refractivity contribution in [3.05, 3.63) is 40.9 Å². The fraction of sp³-hybridized carbons (Fsp3) is 0.444. The van der Waals surface area contributed by atoms with Gasteiger partial charge in [0, 0.05) is 38.2 Å². The number of carbonyl (C=O) groups is 1. The van der Waals surface area contributed by atoms with Gasteiger partial charge in [0.1, 0.15) is 5.82 Å². The molecule has 6 nitrogen and oxygen atoms in total. The van der Waals surface area contributed by atoms with Gasteiger partial charge >= 0.3 is 6.03 Å². The van der Waals surface area contributed by atoms with Gasteiger partial charge < -0.3 is 15.1 Å². The molecule has 0 saturated carbocycles. The van der Waals surface area contributed by atoms with Crippen LogP contribution in [0, 0.1) is 5.82 Å². The lowest BCUT2D eigenvalue weighted by Crippen LogP contribution is -2.43. The molecule has 150 valence electrons. The van der Waals surface area contributed by atoms with E-state index in [1.807, 2.05) is 4.90 Å². The van der Waals surface area contributed by atoms with E-state index in [1.165, 1.54) is 18.2 Å². The normalized spacial score (nSPS) is 18.7. The number of hydrogen-bond donors (Lipinski definition) is 1. The van der Waals surface area contributed by atoms with Crippen LogP contribution in [0.15, 0.2) is 24.4 Å². The molecule has 2 amide bonds. The molecule has 2 aliphatic rings. The molecule has 0 bridgehead atoms. The molecule has 1 aromatic carbocycles. The number of halogens is 4. The first-order valence-electron chi connectivity index (χ1n) is 9.01. The lowest BCUT2D eigenvalue weighted by molar-refractivity contribution is -0.0220. The maximum absolute atomic E-state index is 13.4. The minimum Gasteiger partial charge on any atom is -0.368 e. The molecule has 1 aromatic heterocycles. The Morgan fingerprint density at radius 2 is 1.93 bits per heavy atom. The van der Waals surface area contributed by atoms with Gasteiger partial charge in [-0.2, -0.15) is 5.10 Å². The van der Waals surface area contributed by atoms with Crippen LogP contribution >= 0.6 is 11.6 Å². The molecule has 0 spiro atoms. The summed E-state index contributed by atoms with van der Waals surface area (Å²) in [6.45, 7) is 1.78. The second-order valence-electron chi connectivity index (χ2n) is 7.02. The van der Waals surface area contributed by atoms with Gasteiger partial charge in [0.2, 0.25) is 0 Å². The Kier molecular flexibility index (Phi) is 4.86. The predicted octanol–water partition coefficient (Wildman–Crippen LogP) is 3.96. The quantitative estimate of drug-likeness (QED) is 0.810. The van der Waals surface area contributed by atoms with Crippen molar-refractivity contribution < 1.29 is 18.0 Å². The van der Waals surface area contributed by atoms with Crippen molar-refractivity contribution in [3.8, 4) is 0 Å². The molecule has 0 unspecified atom stereocenters. The first-order chi connectivity index (χ1) is 13.3. The van der Waals surface area contributed by atoms with Gasteiger partial charge in [0.15, 0.2) is 0 Å². The Hall–Kier alpha value is -2.42. The molecule has 0 atom stereocenters. The SMILES string of the molecule is O=C(Nc1ccc(F)c(Cl)c1)N1CCn2ncc(N3CCC(F)(F)CC3)c2C1. The van der Waals surface area contributed by atoms with Crippen LogP contribution in [0.25, 0.3) is 0 Å². The number of aromatic nitrogens is 2. The highest BCUT2D eigenvalue weighted by molar-refractivity contribution is 6.31. The van der Waals surface area contributed by atoms with Crippen LogP contribution < -0.4 is 10.2 Å². The molecule has 3 heterocycles. The summed E-state index contributed by atoms with van der Waals surface area (Å²) in [6.07, 6.45) is 1.31. The number of rotatable bonds is 2. The summed E-state index contributed by atoms with van der Waals surface area (Å²) in [7, 11) is 0. The van der Waals surface area contributed by atoms with E-state index < -0.39 is 11.7 Å². The van der Waals surface area contributed by atoms with E-state index in [4.69, 9.17) is 11.6 Å². The van der Waals surface area contributed by atoms with Crippen molar-refractivity contribution in [1.29, 1.82) is 0 Å². The van der Waals surface area contributed by atoms with Crippen molar-refractivity contribution in [1.82, 2.24) is 14.7 Å². The lowest BCUT2D eigenvalue weighted by atomic mass is 10.1. The van der Waals surface area contributed by atoms with Gasteiger partial charge in [0.05, 0.1) is 35.7 Å². The zero-order valence-electron chi connectivity index (χ0n) is 15.0. The van der Waals surface area contributed by atoms with Crippen LogP contribution in [0.5, 0.6) is 0 Å². The molecule has 2 aromatic rings. The number of alkyl halides is 2. The van der Waals surface area contributed by atoms with Crippen molar-refractivity contribution in [3.63, 3.8) is 0 Å². The summed E-state index contributed by atoms with van der Waals surface area (Å²) >= 11 is 5.75. The number of anilines is 2. The number of nitrogens with one attached hydrogen (secondary N) is 1. The van der Waals surface area contributed by atoms with Crippen molar-refractivity contribution in [2.45, 2.75) is 31.9 Å². The lowest BCUT2D eigenvalue weighted by Gasteiger charge is -2.35. The topological polar surface area (TPSA) is 53.4 Å². The Bertz CT molecular complexity index is 893. The van der Waals surface area contributed by atoms with Gasteiger partial charge in [-0.3, -0.25) is 4.68 Å². The second kappa shape index (κ2) is 7.20. The average Bonchev–Trinajstić information content (AvgIpc) is 3.08. The van der Waals surface area contributed by atoms with Gasteiger partial charge in [0.25, 0.3) is 5.92 Å². The van der Waals surface area contributed by atoms with E-state index in [1.54, 1.807) is 15.8 Å². The minimum atomic E-state index is -2.62. The van der Waals surface area contributed by atoms with Crippen LogP contribution in [0.3, 0.4) is 0 Å². The van der Waals surface area contributed by atoms with Gasteiger partial charge in [-0.1, -0.05) is 11.6 Å². The number of carbonyl (C=O) groups excluding carboxylic acids is 1. The second-order valence-corrected chi connectivity index (χ2v) is 7.43. The Morgan fingerprint density at radius 3 is 2.64 bits per heavy atom. The Balaban J connectivity index is 1.46. The number of fused-ring (bicyclic) bond motifs is 1. The maximum Gasteiger partial charge on any atom is 0.322 e. The maximum atomic E-state index is 13.4. The summed E-state index contributed by atoms with van der Waals surface area (Å²) in [5, 5.41) is 6.97. The average molecular weight is 414 g/mol. The molecule has 1 N–H and O–H groups in total. The number of benzene rings is 1. The third-order valence-electron chi connectivity index (χ3n) is 5.14. The van der Waals surface area contributed by atoms with E-state index in [-0.39, 0.29) is 37.0 Å². The number of piperidine rings is 1. The summed E-state index contributed by atoms with van der Waals surface area (Å²) in [5.74, 6) is -3.18. The smallest absolute Gasteiger partial charge is 0.322 e. The van der Waals surface area contributed by atoms with Crippen LogP contribution in [-0.2, 0) is 13.1 Å². The predicted molar refractivity (Wildman–Crippen MR) is 99.5 cm³/mol. The molecule has 0 aliphatic carbocycles. The van der Waals surface area contributed by atoms with E-state index in [9.17, 15) is 18.0 Å². The van der Waals surface area contributed by atoms with Gasteiger partial charge in [-0.25, -0.2) is 18.0 Å². The number of urea groups is 1. The molecular weight excluding hydrogens is 395 g/mol. The van der Waals surface area contributed by atoms with Crippen LogP contribution in [0.2, 0.25) is 5.02 Å².